The number of aryl methyl sites for hydroxylation is 1. The van der Waals surface area contributed by atoms with Gasteiger partial charge in [-0.1, -0.05) is 65.8 Å². The summed E-state index contributed by atoms with van der Waals surface area (Å²) in [6.45, 7) is 0.600. The molecule has 1 heterocycles. The number of carbonyl (C=O) groups excluding carboxylic acids is 1. The third kappa shape index (κ3) is 5.01. The Morgan fingerprint density at radius 3 is 2.32 bits per heavy atom. The van der Waals surface area contributed by atoms with E-state index in [1.165, 1.54) is 0 Å². The molecule has 5 heteroatoms. The second-order valence-electron chi connectivity index (χ2n) is 6.00. The van der Waals surface area contributed by atoms with Crippen molar-refractivity contribution in [3.8, 4) is 0 Å². The molecule has 0 aliphatic rings. The summed E-state index contributed by atoms with van der Waals surface area (Å²) in [6, 6.07) is 19.9. The van der Waals surface area contributed by atoms with Crippen molar-refractivity contribution in [2.24, 2.45) is 0 Å². The molecule has 0 aliphatic carbocycles. The molecule has 3 aromatic rings. The van der Waals surface area contributed by atoms with Gasteiger partial charge in [0.2, 0.25) is 11.8 Å². The Morgan fingerprint density at radius 2 is 1.64 bits per heavy atom. The summed E-state index contributed by atoms with van der Waals surface area (Å²) in [5.74, 6) is 1.21. The topological polar surface area (TPSA) is 59.2 Å². The monoisotopic (exact) mass is 335 g/mol. The number of hydrogen-bond acceptors (Lipinski definition) is 4. The predicted octanol–water partition coefficient (Wildman–Crippen LogP) is 3.25. The molecule has 2 aromatic carbocycles. The van der Waals surface area contributed by atoms with E-state index in [2.05, 4.69) is 10.1 Å². The summed E-state index contributed by atoms with van der Waals surface area (Å²) < 4.78 is 5.25. The first-order valence-electron chi connectivity index (χ1n) is 8.34. The summed E-state index contributed by atoms with van der Waals surface area (Å²) in [5, 5.41) is 3.99. The fraction of sp³-hybridized carbons (Fsp3) is 0.250. The van der Waals surface area contributed by atoms with E-state index < -0.39 is 0 Å². The smallest absolute Gasteiger partial charge is 0.227 e. The molecule has 1 amide bonds. The summed E-state index contributed by atoms with van der Waals surface area (Å²) in [6.07, 6.45) is 1.45. The Balaban J connectivity index is 1.49. The summed E-state index contributed by atoms with van der Waals surface area (Å²) in [4.78, 5) is 18.3. The number of rotatable bonds is 7. The molecule has 0 radical (unpaired) electrons. The number of aromatic nitrogens is 2. The number of carbonyl (C=O) groups is 1. The molecule has 0 bridgehead atoms. The first kappa shape index (κ1) is 16.9. The second-order valence-corrected chi connectivity index (χ2v) is 6.00. The third-order valence-corrected chi connectivity index (χ3v) is 3.96. The van der Waals surface area contributed by atoms with E-state index in [1.54, 1.807) is 4.90 Å². The Labute approximate surface area is 147 Å². The molecule has 5 nitrogen and oxygen atoms in total. The maximum absolute atomic E-state index is 12.3. The minimum atomic E-state index is 0.0617. The molecule has 0 N–H and O–H groups in total. The molecule has 0 fully saturated rings. The molecule has 3 rings (SSSR count). The SMILES string of the molecule is CN(Cc1ccccc1)C(=O)CCc1nc(Cc2ccccc2)no1. The van der Waals surface area contributed by atoms with Gasteiger partial charge in [-0.25, -0.2) is 0 Å². The van der Waals surface area contributed by atoms with E-state index in [-0.39, 0.29) is 5.91 Å². The Hall–Kier alpha value is -2.95. The lowest BCUT2D eigenvalue weighted by Gasteiger charge is -2.16. The average Bonchev–Trinajstić information content (AvgIpc) is 3.08. The van der Waals surface area contributed by atoms with Gasteiger partial charge in [-0.05, 0) is 11.1 Å². The number of amides is 1. The first-order chi connectivity index (χ1) is 12.2. The molecule has 1 aromatic heterocycles. The largest absolute Gasteiger partial charge is 0.341 e. The lowest BCUT2D eigenvalue weighted by Crippen LogP contribution is -2.26. The molecular weight excluding hydrogens is 314 g/mol. The van der Waals surface area contributed by atoms with E-state index in [4.69, 9.17) is 4.52 Å². The van der Waals surface area contributed by atoms with Crippen molar-refractivity contribution < 1.29 is 9.32 Å². The van der Waals surface area contributed by atoms with Crippen LogP contribution in [-0.4, -0.2) is 28.0 Å². The molecule has 0 unspecified atom stereocenters. The summed E-state index contributed by atoms with van der Waals surface area (Å²) >= 11 is 0. The molecule has 25 heavy (non-hydrogen) atoms. The van der Waals surface area contributed by atoms with Gasteiger partial charge in [-0.3, -0.25) is 4.79 Å². The van der Waals surface area contributed by atoms with E-state index in [0.717, 1.165) is 11.1 Å². The fourth-order valence-corrected chi connectivity index (χ4v) is 2.59. The van der Waals surface area contributed by atoms with Crippen LogP contribution in [0.25, 0.3) is 0 Å². The van der Waals surface area contributed by atoms with Gasteiger partial charge in [0.15, 0.2) is 5.82 Å². The molecule has 0 atom stereocenters. The summed E-state index contributed by atoms with van der Waals surface area (Å²) in [5.41, 5.74) is 2.25. The van der Waals surface area contributed by atoms with Crippen LogP contribution in [0.1, 0.15) is 29.3 Å². The van der Waals surface area contributed by atoms with Crippen LogP contribution < -0.4 is 0 Å². The van der Waals surface area contributed by atoms with Gasteiger partial charge in [0, 0.05) is 32.9 Å². The molecule has 0 saturated heterocycles. The molecule has 0 spiro atoms. The minimum Gasteiger partial charge on any atom is -0.341 e. The van der Waals surface area contributed by atoms with E-state index >= 15 is 0 Å². The molecule has 128 valence electrons. The van der Waals surface area contributed by atoms with E-state index in [1.807, 2.05) is 67.7 Å². The quantitative estimate of drug-likeness (QED) is 0.665. The van der Waals surface area contributed by atoms with Gasteiger partial charge in [-0.15, -0.1) is 0 Å². The highest BCUT2D eigenvalue weighted by atomic mass is 16.5. The van der Waals surface area contributed by atoms with Gasteiger partial charge < -0.3 is 9.42 Å². The second kappa shape index (κ2) is 8.24. The molecular formula is C20H21N3O2. The highest BCUT2D eigenvalue weighted by molar-refractivity contribution is 5.76. The Bertz CT molecular complexity index is 800. The zero-order chi connectivity index (χ0) is 17.5. The van der Waals surface area contributed by atoms with Crippen molar-refractivity contribution in [1.29, 1.82) is 0 Å². The molecule has 0 saturated carbocycles. The normalized spacial score (nSPS) is 10.6. The zero-order valence-electron chi connectivity index (χ0n) is 14.3. The van der Waals surface area contributed by atoms with Crippen molar-refractivity contribution >= 4 is 5.91 Å². The van der Waals surface area contributed by atoms with Crippen molar-refractivity contribution in [1.82, 2.24) is 15.0 Å². The van der Waals surface area contributed by atoms with Crippen molar-refractivity contribution in [2.45, 2.75) is 25.8 Å². The van der Waals surface area contributed by atoms with Crippen molar-refractivity contribution in [3.63, 3.8) is 0 Å². The van der Waals surface area contributed by atoms with Gasteiger partial charge in [-0.2, -0.15) is 4.98 Å². The third-order valence-electron chi connectivity index (χ3n) is 3.96. The van der Waals surface area contributed by atoms with Crippen LogP contribution in [0.5, 0.6) is 0 Å². The van der Waals surface area contributed by atoms with E-state index in [0.29, 0.717) is 37.5 Å². The van der Waals surface area contributed by atoms with Crippen molar-refractivity contribution in [3.05, 3.63) is 83.5 Å². The number of hydrogen-bond donors (Lipinski definition) is 0. The van der Waals surface area contributed by atoms with Gasteiger partial charge in [0.1, 0.15) is 0 Å². The van der Waals surface area contributed by atoms with Crippen molar-refractivity contribution in [2.75, 3.05) is 7.05 Å². The Kier molecular flexibility index (Phi) is 5.57. The fourth-order valence-electron chi connectivity index (χ4n) is 2.59. The van der Waals surface area contributed by atoms with Crippen LogP contribution in [0.3, 0.4) is 0 Å². The standard InChI is InChI=1S/C20H21N3O2/c1-23(15-17-10-6-3-7-11-17)20(24)13-12-19-21-18(22-25-19)14-16-8-4-2-5-9-16/h2-11H,12-15H2,1H3. The van der Waals surface area contributed by atoms with Crippen LogP contribution >= 0.6 is 0 Å². The zero-order valence-corrected chi connectivity index (χ0v) is 14.3. The highest BCUT2D eigenvalue weighted by Crippen LogP contribution is 2.09. The molecule has 0 aliphatic heterocycles. The first-order valence-corrected chi connectivity index (χ1v) is 8.34. The van der Waals surface area contributed by atoms with Crippen LogP contribution in [0, 0.1) is 0 Å². The lowest BCUT2D eigenvalue weighted by atomic mass is 10.1. The average molecular weight is 335 g/mol. The Morgan fingerprint density at radius 1 is 1.00 bits per heavy atom. The minimum absolute atomic E-state index is 0.0617. The highest BCUT2D eigenvalue weighted by Gasteiger charge is 2.13. The van der Waals surface area contributed by atoms with Crippen LogP contribution in [0.4, 0.5) is 0 Å². The van der Waals surface area contributed by atoms with Gasteiger partial charge >= 0.3 is 0 Å². The van der Waals surface area contributed by atoms with Crippen LogP contribution in [0.15, 0.2) is 65.2 Å². The van der Waals surface area contributed by atoms with E-state index in [9.17, 15) is 4.79 Å². The van der Waals surface area contributed by atoms with Crippen LogP contribution in [0.2, 0.25) is 0 Å². The lowest BCUT2D eigenvalue weighted by molar-refractivity contribution is -0.130. The summed E-state index contributed by atoms with van der Waals surface area (Å²) in [7, 11) is 1.81. The predicted molar refractivity (Wildman–Crippen MR) is 94.8 cm³/mol. The number of nitrogens with zero attached hydrogens (tertiary/aromatic N) is 3. The van der Waals surface area contributed by atoms with Gasteiger partial charge in [0.05, 0.1) is 0 Å². The maximum atomic E-state index is 12.3. The van der Waals surface area contributed by atoms with Crippen LogP contribution in [-0.2, 0) is 24.2 Å². The van der Waals surface area contributed by atoms with Gasteiger partial charge in [0.25, 0.3) is 0 Å². The maximum Gasteiger partial charge on any atom is 0.227 e. The number of benzene rings is 2.